The lowest BCUT2D eigenvalue weighted by Crippen LogP contribution is -2.21. The van der Waals surface area contributed by atoms with Crippen molar-refractivity contribution in [1.29, 1.82) is 0 Å². The number of aromatic nitrogens is 4. The van der Waals surface area contributed by atoms with Gasteiger partial charge >= 0.3 is 5.69 Å². The molecule has 1 aromatic carbocycles. The fourth-order valence-electron chi connectivity index (χ4n) is 3.25. The van der Waals surface area contributed by atoms with Crippen LogP contribution >= 0.6 is 0 Å². The molecule has 0 spiro atoms. The molecular weight excluding hydrogens is 299 g/mol. The lowest BCUT2D eigenvalue weighted by molar-refractivity contribution is 0.839. The van der Waals surface area contributed by atoms with Gasteiger partial charge in [-0.1, -0.05) is 17.6 Å². The van der Waals surface area contributed by atoms with E-state index in [1.807, 2.05) is 46.0 Å². The molecule has 0 unspecified atom stereocenters. The summed E-state index contributed by atoms with van der Waals surface area (Å²) in [7, 11) is 3.82. The Kier molecular flexibility index (Phi) is 3.10. The van der Waals surface area contributed by atoms with Crippen LogP contribution in [0.25, 0.3) is 27.6 Å². The number of hydrogen-bond donors (Lipinski definition) is 0. The molecule has 0 aliphatic carbocycles. The predicted octanol–water partition coefficient (Wildman–Crippen LogP) is 1.15. The monoisotopic (exact) mass is 316 g/mol. The minimum atomic E-state index is -0.0884. The number of benzene rings is 1. The van der Waals surface area contributed by atoms with Crippen LogP contribution in [-0.4, -0.2) is 26.9 Å². The molecule has 6 heteroatoms. The van der Waals surface area contributed by atoms with Gasteiger partial charge in [0.1, 0.15) is 7.85 Å². The van der Waals surface area contributed by atoms with E-state index in [9.17, 15) is 4.79 Å². The summed E-state index contributed by atoms with van der Waals surface area (Å²) in [5.41, 5.74) is 6.21. The molecule has 118 valence electrons. The van der Waals surface area contributed by atoms with Crippen molar-refractivity contribution >= 4 is 35.2 Å². The average Bonchev–Trinajstić information content (AvgIpc) is 2.80. The van der Waals surface area contributed by atoms with Gasteiger partial charge in [0.25, 0.3) is 0 Å². The van der Waals surface area contributed by atoms with Crippen LogP contribution in [-0.2, 0) is 7.05 Å². The molecule has 0 N–H and O–H groups in total. The Morgan fingerprint density at radius 3 is 2.67 bits per heavy atom. The maximum Gasteiger partial charge on any atom is 0.333 e. The summed E-state index contributed by atoms with van der Waals surface area (Å²) in [5, 5.41) is 0.977. The summed E-state index contributed by atoms with van der Waals surface area (Å²) in [6.45, 7) is 3.88. The Labute approximate surface area is 140 Å². The van der Waals surface area contributed by atoms with E-state index in [4.69, 9.17) is 0 Å². The standard InChI is InChI=1S/C18H17BN4O/c1-10-4-7-15(11(2)21-10)23-17-13-8-12(19)5-6-14(13)20-9-16(17)22(3)18(23)24/h4-9H,19H2,1-3H3. The lowest BCUT2D eigenvalue weighted by Gasteiger charge is -2.09. The van der Waals surface area contributed by atoms with Crippen molar-refractivity contribution in [1.82, 2.24) is 19.1 Å². The molecule has 0 fully saturated rings. The van der Waals surface area contributed by atoms with Crippen molar-refractivity contribution in [3.05, 3.63) is 58.4 Å². The van der Waals surface area contributed by atoms with Crippen LogP contribution in [0, 0.1) is 13.8 Å². The molecule has 0 saturated carbocycles. The summed E-state index contributed by atoms with van der Waals surface area (Å²) in [6.07, 6.45) is 1.77. The number of pyridine rings is 2. The third kappa shape index (κ3) is 1.99. The Morgan fingerprint density at radius 1 is 1.12 bits per heavy atom. The smallest absolute Gasteiger partial charge is 0.293 e. The van der Waals surface area contributed by atoms with Gasteiger partial charge < -0.3 is 0 Å². The van der Waals surface area contributed by atoms with E-state index >= 15 is 0 Å². The number of nitrogens with zero attached hydrogens (tertiary/aromatic N) is 4. The van der Waals surface area contributed by atoms with Gasteiger partial charge in [0.05, 0.1) is 34.1 Å². The highest BCUT2D eigenvalue weighted by Gasteiger charge is 2.17. The molecule has 0 bridgehead atoms. The SMILES string of the molecule is Bc1ccc2ncc3c(c2c1)n(-c1ccc(C)nc1C)c(=O)n3C. The zero-order valence-corrected chi connectivity index (χ0v) is 14.2. The Morgan fingerprint density at radius 2 is 1.92 bits per heavy atom. The quantitative estimate of drug-likeness (QED) is 0.495. The number of hydrogen-bond acceptors (Lipinski definition) is 3. The Balaban J connectivity index is 2.24. The number of imidazole rings is 1. The molecule has 4 aromatic rings. The molecule has 24 heavy (non-hydrogen) atoms. The minimum Gasteiger partial charge on any atom is -0.293 e. The highest BCUT2D eigenvalue weighted by Crippen LogP contribution is 2.25. The minimum absolute atomic E-state index is 0.0884. The molecule has 3 heterocycles. The Bertz CT molecular complexity index is 1170. The van der Waals surface area contributed by atoms with E-state index in [-0.39, 0.29) is 5.69 Å². The van der Waals surface area contributed by atoms with Crippen molar-refractivity contribution in [2.24, 2.45) is 7.05 Å². The van der Waals surface area contributed by atoms with Crippen molar-refractivity contribution < 1.29 is 0 Å². The van der Waals surface area contributed by atoms with Crippen molar-refractivity contribution in [2.75, 3.05) is 0 Å². The first-order valence-electron chi connectivity index (χ1n) is 7.89. The fraction of sp³-hybridized carbons (Fsp3) is 0.167. The van der Waals surface area contributed by atoms with Gasteiger partial charge in [0, 0.05) is 18.1 Å². The Hall–Kier alpha value is -2.89. The van der Waals surface area contributed by atoms with E-state index in [0.717, 1.165) is 44.5 Å². The van der Waals surface area contributed by atoms with Gasteiger partial charge in [0.2, 0.25) is 0 Å². The maximum atomic E-state index is 12.9. The van der Waals surface area contributed by atoms with Gasteiger partial charge in [-0.3, -0.25) is 19.1 Å². The van der Waals surface area contributed by atoms with Gasteiger partial charge in [-0.15, -0.1) is 0 Å². The second-order valence-electron chi connectivity index (χ2n) is 6.25. The number of rotatable bonds is 1. The third-order valence-corrected chi connectivity index (χ3v) is 4.48. The number of aryl methyl sites for hydroxylation is 3. The molecule has 4 rings (SSSR count). The van der Waals surface area contributed by atoms with Crippen LogP contribution < -0.4 is 11.2 Å². The van der Waals surface area contributed by atoms with E-state index in [2.05, 4.69) is 16.0 Å². The van der Waals surface area contributed by atoms with Crippen LogP contribution in [0.4, 0.5) is 0 Å². The highest BCUT2D eigenvalue weighted by molar-refractivity contribution is 6.33. The van der Waals surface area contributed by atoms with Gasteiger partial charge in [-0.25, -0.2) is 4.79 Å². The average molecular weight is 316 g/mol. The van der Waals surface area contributed by atoms with Crippen LogP contribution in [0.2, 0.25) is 0 Å². The summed E-state index contributed by atoms with van der Waals surface area (Å²) >= 11 is 0. The third-order valence-electron chi connectivity index (χ3n) is 4.48. The first-order chi connectivity index (χ1) is 11.5. The zero-order valence-electron chi connectivity index (χ0n) is 14.2. The molecular formula is C18H17BN4O. The molecule has 0 atom stereocenters. The van der Waals surface area contributed by atoms with Gasteiger partial charge in [0.15, 0.2) is 0 Å². The van der Waals surface area contributed by atoms with Crippen LogP contribution in [0.3, 0.4) is 0 Å². The molecule has 0 aliphatic heterocycles. The summed E-state index contributed by atoms with van der Waals surface area (Å²) in [4.78, 5) is 22.0. The lowest BCUT2D eigenvalue weighted by atomic mass is 9.94. The molecule has 0 amide bonds. The fourth-order valence-corrected chi connectivity index (χ4v) is 3.25. The largest absolute Gasteiger partial charge is 0.333 e. The van der Waals surface area contributed by atoms with Crippen LogP contribution in [0.1, 0.15) is 11.4 Å². The molecule has 3 aromatic heterocycles. The van der Waals surface area contributed by atoms with E-state index in [1.54, 1.807) is 22.4 Å². The van der Waals surface area contributed by atoms with Crippen molar-refractivity contribution in [2.45, 2.75) is 13.8 Å². The second-order valence-corrected chi connectivity index (χ2v) is 6.25. The molecule has 5 nitrogen and oxygen atoms in total. The molecule has 0 saturated heterocycles. The van der Waals surface area contributed by atoms with Crippen LogP contribution in [0.5, 0.6) is 0 Å². The van der Waals surface area contributed by atoms with Gasteiger partial charge in [-0.2, -0.15) is 0 Å². The normalized spacial score (nSPS) is 11.5. The number of fused-ring (bicyclic) bond motifs is 3. The van der Waals surface area contributed by atoms with E-state index in [0.29, 0.717) is 0 Å². The first kappa shape index (κ1) is 14.7. The predicted molar refractivity (Wildman–Crippen MR) is 99.3 cm³/mol. The zero-order chi connectivity index (χ0) is 17.0. The molecule has 0 radical (unpaired) electrons. The van der Waals surface area contributed by atoms with Crippen LogP contribution in [0.15, 0.2) is 41.3 Å². The summed E-state index contributed by atoms with van der Waals surface area (Å²) in [5.74, 6) is 0. The second kappa shape index (κ2) is 5.06. The van der Waals surface area contributed by atoms with Crippen molar-refractivity contribution in [3.8, 4) is 5.69 Å². The summed E-state index contributed by atoms with van der Waals surface area (Å²) in [6, 6.07) is 10.00. The summed E-state index contributed by atoms with van der Waals surface area (Å²) < 4.78 is 3.39. The maximum absolute atomic E-state index is 12.9. The van der Waals surface area contributed by atoms with Gasteiger partial charge in [-0.05, 0) is 32.0 Å². The highest BCUT2D eigenvalue weighted by atomic mass is 16.1. The van der Waals surface area contributed by atoms with Crippen molar-refractivity contribution in [3.63, 3.8) is 0 Å². The topological polar surface area (TPSA) is 52.7 Å². The molecule has 0 aliphatic rings. The van der Waals surface area contributed by atoms with E-state index < -0.39 is 0 Å². The first-order valence-corrected chi connectivity index (χ1v) is 7.89. The van der Waals surface area contributed by atoms with E-state index in [1.165, 1.54) is 0 Å².